The van der Waals surface area contributed by atoms with Crippen LogP contribution in [0, 0.1) is 5.92 Å². The Morgan fingerprint density at radius 3 is 2.65 bits per heavy atom. The standard InChI is InChI=1S/C36H51N5O5/c1-6-7-18-40(29-11-8-10-26(21-29)25-41(3,4)5)33(42)24-39-23-30(27-12-13-32-28(22-27)15-20-46-32)34(35(43)44)31(39)14-19-38-17-9-16-37(2)36(38)45/h8,10-13,21-22,30-31,34H,6-7,9,14-20,23-25H2,1-5H3/p+1. The molecule has 0 aliphatic carbocycles. The highest BCUT2D eigenvalue weighted by Gasteiger charge is 2.47. The van der Waals surface area contributed by atoms with E-state index in [-0.39, 0.29) is 24.4 Å². The van der Waals surface area contributed by atoms with Gasteiger partial charge in [-0.1, -0.05) is 37.6 Å². The zero-order valence-electron chi connectivity index (χ0n) is 28.3. The molecule has 3 amide bonds. The number of rotatable bonds is 13. The summed E-state index contributed by atoms with van der Waals surface area (Å²) in [6.45, 7) is 6.63. The van der Waals surface area contributed by atoms with E-state index in [2.05, 4.69) is 51.2 Å². The molecule has 46 heavy (non-hydrogen) atoms. The zero-order chi connectivity index (χ0) is 33.0. The molecule has 10 heteroatoms. The van der Waals surface area contributed by atoms with Crippen LogP contribution in [0.2, 0.25) is 0 Å². The van der Waals surface area contributed by atoms with Gasteiger partial charge in [0.15, 0.2) is 0 Å². The summed E-state index contributed by atoms with van der Waals surface area (Å²) >= 11 is 0. The Morgan fingerprint density at radius 2 is 1.91 bits per heavy atom. The highest BCUT2D eigenvalue weighted by Crippen LogP contribution is 2.41. The largest absolute Gasteiger partial charge is 0.493 e. The summed E-state index contributed by atoms with van der Waals surface area (Å²) in [6.07, 6.45) is 4.01. The molecule has 0 saturated carbocycles. The van der Waals surface area contributed by atoms with E-state index in [9.17, 15) is 19.5 Å². The molecule has 10 nitrogen and oxygen atoms in total. The quantitative estimate of drug-likeness (QED) is 0.331. The van der Waals surface area contributed by atoms with Gasteiger partial charge < -0.3 is 29.0 Å². The first-order valence-electron chi connectivity index (χ1n) is 16.9. The maximum atomic E-state index is 14.3. The predicted molar refractivity (Wildman–Crippen MR) is 179 cm³/mol. The fraction of sp³-hybridized carbons (Fsp3) is 0.583. The van der Waals surface area contributed by atoms with E-state index in [0.29, 0.717) is 39.2 Å². The third kappa shape index (κ3) is 7.83. The number of aliphatic carboxylic acids is 1. The first-order chi connectivity index (χ1) is 21.9. The van der Waals surface area contributed by atoms with Gasteiger partial charge in [-0.05, 0) is 48.6 Å². The molecule has 3 unspecified atom stereocenters. The molecule has 250 valence electrons. The second-order valence-electron chi connectivity index (χ2n) is 14.3. The van der Waals surface area contributed by atoms with Crippen LogP contribution in [0.3, 0.4) is 0 Å². The number of quaternary nitrogens is 1. The number of anilines is 1. The van der Waals surface area contributed by atoms with Gasteiger partial charge in [-0.2, -0.15) is 0 Å². The lowest BCUT2D eigenvalue weighted by atomic mass is 9.83. The van der Waals surface area contributed by atoms with Gasteiger partial charge in [0, 0.05) is 69.4 Å². The molecule has 1 N–H and O–H groups in total. The topological polar surface area (TPSA) is 93.6 Å². The maximum Gasteiger partial charge on any atom is 0.319 e. The van der Waals surface area contributed by atoms with Crippen LogP contribution in [0.1, 0.15) is 55.2 Å². The number of likely N-dealkylation sites (tertiary alicyclic amines) is 1. The minimum absolute atomic E-state index is 0.0200. The highest BCUT2D eigenvalue weighted by molar-refractivity contribution is 5.95. The Balaban J connectivity index is 1.43. The van der Waals surface area contributed by atoms with E-state index in [1.165, 1.54) is 5.56 Å². The molecular formula is C36H52N5O5+. The Kier molecular flexibility index (Phi) is 10.6. The van der Waals surface area contributed by atoms with Gasteiger partial charge in [-0.15, -0.1) is 0 Å². The third-order valence-corrected chi connectivity index (χ3v) is 9.64. The number of carboxylic acid groups (broad SMARTS) is 1. The van der Waals surface area contributed by atoms with Crippen LogP contribution in [0.5, 0.6) is 5.75 Å². The van der Waals surface area contributed by atoms with Crippen molar-refractivity contribution in [3.8, 4) is 5.75 Å². The van der Waals surface area contributed by atoms with Crippen LogP contribution in [0.4, 0.5) is 10.5 Å². The predicted octanol–water partition coefficient (Wildman–Crippen LogP) is 4.28. The molecule has 5 rings (SSSR count). The number of ether oxygens (including phenoxy) is 1. The number of benzene rings is 2. The molecule has 0 spiro atoms. The minimum atomic E-state index is -0.861. The molecule has 2 aromatic carbocycles. The fourth-order valence-corrected chi connectivity index (χ4v) is 7.40. The molecule has 0 aromatic heterocycles. The first-order valence-corrected chi connectivity index (χ1v) is 16.9. The van der Waals surface area contributed by atoms with E-state index in [4.69, 9.17) is 4.74 Å². The van der Waals surface area contributed by atoms with E-state index < -0.39 is 17.9 Å². The highest BCUT2D eigenvalue weighted by atomic mass is 16.5. The number of carboxylic acids is 1. The number of unbranched alkanes of at least 4 members (excludes halogenated alkanes) is 1. The van der Waals surface area contributed by atoms with Crippen molar-refractivity contribution in [3.05, 3.63) is 59.2 Å². The second-order valence-corrected chi connectivity index (χ2v) is 14.3. The third-order valence-electron chi connectivity index (χ3n) is 9.64. The van der Waals surface area contributed by atoms with Crippen LogP contribution >= 0.6 is 0 Å². The summed E-state index contributed by atoms with van der Waals surface area (Å²) in [6, 6.07) is 13.9. The summed E-state index contributed by atoms with van der Waals surface area (Å²) < 4.78 is 6.51. The van der Waals surface area contributed by atoms with Gasteiger partial charge in [0.1, 0.15) is 12.3 Å². The molecule has 2 aromatic rings. The van der Waals surface area contributed by atoms with Crippen LogP contribution in [0.25, 0.3) is 0 Å². The maximum absolute atomic E-state index is 14.3. The zero-order valence-corrected chi connectivity index (χ0v) is 28.3. The number of hydrogen-bond acceptors (Lipinski definition) is 5. The SMILES string of the molecule is CCCCN(C(=O)CN1CC(c2ccc3c(c2)CCO3)C(C(=O)O)C1CCN1CCCN(C)C1=O)c1cccc(C[N+](C)(C)C)c1. The normalized spacial score (nSPS) is 21.8. The van der Waals surface area contributed by atoms with Gasteiger partial charge in [0.2, 0.25) is 5.91 Å². The number of amides is 3. The Labute approximate surface area is 274 Å². The number of carbonyl (C=O) groups is 3. The lowest BCUT2D eigenvalue weighted by molar-refractivity contribution is -0.884. The average Bonchev–Trinajstić information content (AvgIpc) is 3.61. The van der Waals surface area contributed by atoms with Crippen molar-refractivity contribution in [2.45, 2.75) is 57.5 Å². The van der Waals surface area contributed by atoms with Crippen molar-refractivity contribution in [2.24, 2.45) is 5.92 Å². The number of hydrogen-bond donors (Lipinski definition) is 1. The number of carbonyl (C=O) groups excluding carboxylic acids is 2. The van der Waals surface area contributed by atoms with Crippen molar-refractivity contribution in [1.29, 1.82) is 0 Å². The molecule has 3 heterocycles. The second kappa shape index (κ2) is 14.4. The molecule has 2 fully saturated rings. The summed E-state index contributed by atoms with van der Waals surface area (Å²) in [5, 5.41) is 10.7. The Morgan fingerprint density at radius 1 is 1.11 bits per heavy atom. The number of nitrogens with zero attached hydrogens (tertiary/aromatic N) is 5. The van der Waals surface area contributed by atoms with E-state index in [1.807, 2.05) is 41.1 Å². The molecule has 3 aliphatic rings. The van der Waals surface area contributed by atoms with Gasteiger partial charge in [0.05, 0.1) is 40.2 Å². The molecular weight excluding hydrogens is 582 g/mol. The van der Waals surface area contributed by atoms with Crippen molar-refractivity contribution in [3.63, 3.8) is 0 Å². The van der Waals surface area contributed by atoms with E-state index in [0.717, 1.165) is 65.8 Å². The van der Waals surface area contributed by atoms with Crippen molar-refractivity contribution in [2.75, 3.05) is 79.0 Å². The van der Waals surface area contributed by atoms with Crippen LogP contribution < -0.4 is 9.64 Å². The van der Waals surface area contributed by atoms with Gasteiger partial charge >= 0.3 is 12.0 Å². The average molecular weight is 635 g/mol. The van der Waals surface area contributed by atoms with Crippen LogP contribution in [-0.4, -0.2) is 122 Å². The fourth-order valence-electron chi connectivity index (χ4n) is 7.40. The smallest absolute Gasteiger partial charge is 0.319 e. The molecule has 3 atom stereocenters. The van der Waals surface area contributed by atoms with Crippen LogP contribution in [-0.2, 0) is 22.6 Å². The number of urea groups is 1. The monoisotopic (exact) mass is 634 g/mol. The number of fused-ring (bicyclic) bond motifs is 1. The lowest BCUT2D eigenvalue weighted by Crippen LogP contribution is -2.50. The minimum Gasteiger partial charge on any atom is -0.493 e. The van der Waals surface area contributed by atoms with Crippen molar-refractivity contribution >= 4 is 23.6 Å². The van der Waals surface area contributed by atoms with E-state index >= 15 is 0 Å². The molecule has 3 aliphatic heterocycles. The Bertz CT molecular complexity index is 1410. The summed E-state index contributed by atoms with van der Waals surface area (Å²) in [5.41, 5.74) is 4.13. The molecule has 2 saturated heterocycles. The van der Waals surface area contributed by atoms with Crippen LogP contribution in [0.15, 0.2) is 42.5 Å². The molecule has 0 bridgehead atoms. The summed E-state index contributed by atoms with van der Waals surface area (Å²) in [4.78, 5) is 47.7. The summed E-state index contributed by atoms with van der Waals surface area (Å²) in [7, 11) is 8.26. The van der Waals surface area contributed by atoms with Crippen molar-refractivity contribution < 1.29 is 28.7 Å². The Hall–Kier alpha value is -3.63. The van der Waals surface area contributed by atoms with Gasteiger partial charge in [-0.25, -0.2) is 4.79 Å². The van der Waals surface area contributed by atoms with Crippen molar-refractivity contribution in [1.82, 2.24) is 14.7 Å². The van der Waals surface area contributed by atoms with Gasteiger partial charge in [0.25, 0.3) is 0 Å². The van der Waals surface area contributed by atoms with Gasteiger partial charge in [-0.3, -0.25) is 14.5 Å². The molecule has 0 radical (unpaired) electrons. The first kappa shape index (κ1) is 33.7. The lowest BCUT2D eigenvalue weighted by Gasteiger charge is -2.35. The summed E-state index contributed by atoms with van der Waals surface area (Å²) in [5.74, 6) is -1.01. The van der Waals surface area contributed by atoms with E-state index in [1.54, 1.807) is 4.90 Å².